The van der Waals surface area contributed by atoms with E-state index < -0.39 is 0 Å². The molecule has 2 N–H and O–H groups in total. The molecule has 0 bridgehead atoms. The highest BCUT2D eigenvalue weighted by Crippen LogP contribution is 2.33. The molecule has 0 spiro atoms. The van der Waals surface area contributed by atoms with E-state index in [-0.39, 0.29) is 12.6 Å². The average molecular weight is 437 g/mol. The van der Waals surface area contributed by atoms with Crippen LogP contribution < -0.4 is 15.0 Å². The number of hydrogen-bond acceptors (Lipinski definition) is 8. The van der Waals surface area contributed by atoms with Gasteiger partial charge < -0.3 is 29.4 Å². The summed E-state index contributed by atoms with van der Waals surface area (Å²) in [4.78, 5) is 16.1. The summed E-state index contributed by atoms with van der Waals surface area (Å²) in [6.45, 7) is 6.07. The maximum atomic E-state index is 9.78. The molecule has 32 heavy (non-hydrogen) atoms. The number of ether oxygens (including phenoxy) is 2. The summed E-state index contributed by atoms with van der Waals surface area (Å²) in [6, 6.07) is 4.19. The summed E-state index contributed by atoms with van der Waals surface area (Å²) in [7, 11) is 1.68. The lowest BCUT2D eigenvalue weighted by atomic mass is 10.1. The third kappa shape index (κ3) is 3.67. The molecule has 3 aromatic rings. The van der Waals surface area contributed by atoms with Gasteiger partial charge in [-0.05, 0) is 43.9 Å². The molecule has 1 aromatic carbocycles. The smallest absolute Gasteiger partial charge is 0.230 e. The molecule has 2 aliphatic heterocycles. The van der Waals surface area contributed by atoms with E-state index in [1.165, 1.54) is 0 Å². The Labute approximate surface area is 187 Å². The molecule has 2 aliphatic rings. The minimum absolute atomic E-state index is 0.0846. The van der Waals surface area contributed by atoms with Gasteiger partial charge in [0.05, 0.1) is 50.6 Å². The number of rotatable bonds is 6. The predicted octanol–water partition coefficient (Wildman–Crippen LogP) is 3.02. The van der Waals surface area contributed by atoms with Crippen LogP contribution in [0.4, 0.5) is 17.6 Å². The van der Waals surface area contributed by atoms with Gasteiger partial charge in [0.2, 0.25) is 5.95 Å². The van der Waals surface area contributed by atoms with Gasteiger partial charge in [0.1, 0.15) is 17.9 Å². The van der Waals surface area contributed by atoms with E-state index in [0.717, 1.165) is 59.0 Å². The monoisotopic (exact) mass is 436 g/mol. The zero-order chi connectivity index (χ0) is 22.2. The minimum atomic E-state index is 0.0846. The third-order valence-electron chi connectivity index (χ3n) is 6.36. The summed E-state index contributed by atoms with van der Waals surface area (Å²) in [6.07, 6.45) is 5.66. The van der Waals surface area contributed by atoms with Gasteiger partial charge in [0.15, 0.2) is 5.82 Å². The van der Waals surface area contributed by atoms with Crippen LogP contribution in [0, 0.1) is 13.8 Å². The van der Waals surface area contributed by atoms with Crippen molar-refractivity contribution >= 4 is 17.6 Å². The standard InChI is InChI=1S/C23H28N6O3/c1-14-7-17(8-20(31-3)15(14)2)28-9-21(24-13-28)26-23-25-19-12-32-11-18(19)22(27-23)29-6-4-5-16(29)10-30/h7-9,13,16,30H,4-6,10-12H2,1-3H3,(H,25,26,27)/t16-/m0/s1. The summed E-state index contributed by atoms with van der Waals surface area (Å²) in [5.74, 6) is 2.83. The second-order valence-corrected chi connectivity index (χ2v) is 8.34. The lowest BCUT2D eigenvalue weighted by Crippen LogP contribution is -2.33. The fourth-order valence-corrected chi connectivity index (χ4v) is 4.44. The molecular weight excluding hydrogens is 408 g/mol. The van der Waals surface area contributed by atoms with Gasteiger partial charge in [-0.2, -0.15) is 4.98 Å². The van der Waals surface area contributed by atoms with Gasteiger partial charge in [-0.3, -0.25) is 0 Å². The highest BCUT2D eigenvalue weighted by Gasteiger charge is 2.30. The molecule has 168 valence electrons. The van der Waals surface area contributed by atoms with Crippen LogP contribution in [-0.2, 0) is 18.0 Å². The molecular formula is C23H28N6O3. The summed E-state index contributed by atoms with van der Waals surface area (Å²) < 4.78 is 13.1. The normalized spacial score (nSPS) is 17.6. The van der Waals surface area contributed by atoms with E-state index in [1.54, 1.807) is 13.4 Å². The Hall–Kier alpha value is -3.17. The number of aliphatic hydroxyl groups excluding tert-OH is 1. The SMILES string of the molecule is COc1cc(-n2cnc(Nc3nc4c(c(N5CCC[C@H]5CO)n3)COC4)c2)cc(C)c1C. The van der Waals surface area contributed by atoms with Crippen LogP contribution in [0.5, 0.6) is 5.75 Å². The largest absolute Gasteiger partial charge is 0.496 e. The highest BCUT2D eigenvalue weighted by atomic mass is 16.5. The van der Waals surface area contributed by atoms with Crippen molar-refractivity contribution in [1.29, 1.82) is 0 Å². The first-order chi connectivity index (χ1) is 15.6. The molecule has 0 saturated carbocycles. The number of aliphatic hydroxyl groups is 1. The van der Waals surface area contributed by atoms with Crippen molar-refractivity contribution in [2.45, 2.75) is 45.9 Å². The Morgan fingerprint density at radius 1 is 1.25 bits per heavy atom. The van der Waals surface area contributed by atoms with Crippen molar-refractivity contribution in [2.24, 2.45) is 0 Å². The highest BCUT2D eigenvalue weighted by molar-refractivity contribution is 5.58. The maximum absolute atomic E-state index is 9.78. The lowest BCUT2D eigenvalue weighted by molar-refractivity contribution is 0.133. The van der Waals surface area contributed by atoms with E-state index >= 15 is 0 Å². The average Bonchev–Trinajstić information content (AvgIpc) is 3.55. The van der Waals surface area contributed by atoms with Crippen LogP contribution >= 0.6 is 0 Å². The Morgan fingerprint density at radius 2 is 2.12 bits per heavy atom. The fourth-order valence-electron chi connectivity index (χ4n) is 4.44. The van der Waals surface area contributed by atoms with Crippen LogP contribution in [0.3, 0.4) is 0 Å². The Kier molecular flexibility index (Phi) is 5.44. The number of aromatic nitrogens is 4. The summed E-state index contributed by atoms with van der Waals surface area (Å²) >= 11 is 0. The van der Waals surface area contributed by atoms with Gasteiger partial charge >= 0.3 is 0 Å². The molecule has 4 heterocycles. The number of aryl methyl sites for hydroxylation is 1. The van der Waals surface area contributed by atoms with Gasteiger partial charge in [-0.15, -0.1) is 0 Å². The van der Waals surface area contributed by atoms with Gasteiger partial charge in [0, 0.05) is 18.2 Å². The summed E-state index contributed by atoms with van der Waals surface area (Å²) in [5, 5.41) is 13.0. The Balaban J connectivity index is 1.44. The van der Waals surface area contributed by atoms with Crippen molar-refractivity contribution in [3.05, 3.63) is 47.0 Å². The van der Waals surface area contributed by atoms with E-state index in [1.807, 2.05) is 23.8 Å². The van der Waals surface area contributed by atoms with Crippen molar-refractivity contribution in [3.8, 4) is 11.4 Å². The van der Waals surface area contributed by atoms with Crippen LogP contribution in [0.15, 0.2) is 24.7 Å². The van der Waals surface area contributed by atoms with Gasteiger partial charge in [-0.25, -0.2) is 9.97 Å². The first-order valence-electron chi connectivity index (χ1n) is 10.9. The summed E-state index contributed by atoms with van der Waals surface area (Å²) in [5.41, 5.74) is 5.15. The number of nitrogens with one attached hydrogen (secondary N) is 1. The molecule has 0 aliphatic carbocycles. The van der Waals surface area contributed by atoms with Crippen molar-refractivity contribution < 1.29 is 14.6 Å². The zero-order valence-corrected chi connectivity index (χ0v) is 18.6. The number of fused-ring (bicyclic) bond motifs is 1. The van der Waals surface area contributed by atoms with E-state index in [2.05, 4.69) is 33.2 Å². The fraction of sp³-hybridized carbons (Fsp3) is 0.435. The topological polar surface area (TPSA) is 97.6 Å². The molecule has 9 heteroatoms. The molecule has 1 fully saturated rings. The number of anilines is 3. The van der Waals surface area contributed by atoms with Crippen LogP contribution in [-0.4, -0.2) is 50.9 Å². The number of methoxy groups -OCH3 is 1. The molecule has 1 saturated heterocycles. The van der Waals surface area contributed by atoms with Crippen LogP contribution in [0.1, 0.15) is 35.2 Å². The quantitative estimate of drug-likeness (QED) is 0.609. The van der Waals surface area contributed by atoms with Gasteiger partial charge in [-0.1, -0.05) is 0 Å². The lowest BCUT2D eigenvalue weighted by Gasteiger charge is -2.26. The maximum Gasteiger partial charge on any atom is 0.230 e. The van der Waals surface area contributed by atoms with Crippen LogP contribution in [0.2, 0.25) is 0 Å². The molecule has 9 nitrogen and oxygen atoms in total. The second-order valence-electron chi connectivity index (χ2n) is 8.34. The van der Waals surface area contributed by atoms with E-state index in [9.17, 15) is 5.11 Å². The first kappa shape index (κ1) is 20.7. The van der Waals surface area contributed by atoms with Crippen molar-refractivity contribution in [3.63, 3.8) is 0 Å². The molecule has 0 unspecified atom stereocenters. The number of nitrogens with zero attached hydrogens (tertiary/aromatic N) is 5. The minimum Gasteiger partial charge on any atom is -0.496 e. The molecule has 0 radical (unpaired) electrons. The second kappa shape index (κ2) is 8.40. The van der Waals surface area contributed by atoms with Crippen molar-refractivity contribution in [2.75, 3.05) is 30.5 Å². The third-order valence-corrected chi connectivity index (χ3v) is 6.36. The predicted molar refractivity (Wildman–Crippen MR) is 121 cm³/mol. The number of hydrogen-bond donors (Lipinski definition) is 2. The van der Waals surface area contributed by atoms with Crippen LogP contribution in [0.25, 0.3) is 5.69 Å². The van der Waals surface area contributed by atoms with E-state index in [0.29, 0.717) is 25.0 Å². The molecule has 2 aromatic heterocycles. The number of benzene rings is 1. The first-order valence-corrected chi connectivity index (χ1v) is 10.9. The number of imidazole rings is 1. The Morgan fingerprint density at radius 3 is 2.94 bits per heavy atom. The molecule has 0 amide bonds. The van der Waals surface area contributed by atoms with E-state index in [4.69, 9.17) is 14.5 Å². The Bertz CT molecular complexity index is 1150. The molecule has 5 rings (SSSR count). The van der Waals surface area contributed by atoms with Gasteiger partial charge in [0.25, 0.3) is 0 Å². The molecule has 1 atom stereocenters. The zero-order valence-electron chi connectivity index (χ0n) is 18.6. The van der Waals surface area contributed by atoms with Crippen molar-refractivity contribution in [1.82, 2.24) is 19.5 Å².